The molecule has 0 bridgehead atoms. The predicted molar refractivity (Wildman–Crippen MR) is 77.4 cm³/mol. The van der Waals surface area contributed by atoms with Crippen molar-refractivity contribution < 1.29 is 4.74 Å². The first-order chi connectivity index (χ1) is 9.41. The number of ether oxygens (including phenoxy) is 1. The molecule has 1 aromatic rings. The zero-order valence-electron chi connectivity index (χ0n) is 13.0. The molecule has 1 saturated carbocycles. The van der Waals surface area contributed by atoms with Gasteiger partial charge in [0.2, 0.25) is 0 Å². The van der Waals surface area contributed by atoms with Crippen molar-refractivity contribution in [3.8, 4) is 0 Å². The lowest BCUT2D eigenvalue weighted by Crippen LogP contribution is -2.46. The molecule has 1 aliphatic heterocycles. The van der Waals surface area contributed by atoms with Crippen molar-refractivity contribution in [2.75, 3.05) is 13.1 Å². The summed E-state index contributed by atoms with van der Waals surface area (Å²) in [7, 11) is 0. The van der Waals surface area contributed by atoms with Crippen molar-refractivity contribution in [2.24, 2.45) is 5.92 Å². The van der Waals surface area contributed by atoms with Gasteiger partial charge in [-0.25, -0.2) is 4.68 Å². The predicted octanol–water partition coefficient (Wildman–Crippen LogP) is 2.03. The van der Waals surface area contributed by atoms with Gasteiger partial charge in [-0.15, -0.1) is 5.10 Å². The molecule has 1 saturated heterocycles. The van der Waals surface area contributed by atoms with E-state index in [0.29, 0.717) is 12.2 Å². The fraction of sp³-hybridized carbons (Fsp3) is 0.867. The molecule has 0 spiro atoms. The Morgan fingerprint density at radius 1 is 1.30 bits per heavy atom. The van der Waals surface area contributed by atoms with Crippen LogP contribution in [0.1, 0.15) is 46.2 Å². The molecule has 2 aliphatic rings. The Kier molecular flexibility index (Phi) is 3.58. The van der Waals surface area contributed by atoms with Gasteiger partial charge in [-0.3, -0.25) is 4.90 Å². The summed E-state index contributed by atoms with van der Waals surface area (Å²) in [6.07, 6.45) is 5.51. The number of rotatable bonds is 3. The second kappa shape index (κ2) is 5.11. The van der Waals surface area contributed by atoms with Gasteiger partial charge in [0.1, 0.15) is 0 Å². The fourth-order valence-corrected chi connectivity index (χ4v) is 2.86. The average molecular weight is 278 g/mol. The molecule has 0 aromatic carbocycles. The molecule has 2 heterocycles. The van der Waals surface area contributed by atoms with Gasteiger partial charge in [0, 0.05) is 19.6 Å². The monoisotopic (exact) mass is 278 g/mol. The van der Waals surface area contributed by atoms with Gasteiger partial charge in [-0.05, 0) is 46.5 Å². The van der Waals surface area contributed by atoms with Gasteiger partial charge >= 0.3 is 0 Å². The summed E-state index contributed by atoms with van der Waals surface area (Å²) in [5.41, 5.74) is 1.06. The lowest BCUT2D eigenvalue weighted by atomic mass is 10.1. The second-order valence-corrected chi connectivity index (χ2v) is 7.34. The van der Waals surface area contributed by atoms with Crippen LogP contribution in [0.2, 0.25) is 0 Å². The van der Waals surface area contributed by atoms with Gasteiger partial charge in [-0.1, -0.05) is 5.21 Å². The number of hydrogen-bond acceptors (Lipinski definition) is 4. The van der Waals surface area contributed by atoms with Crippen LogP contribution in [0.3, 0.4) is 0 Å². The van der Waals surface area contributed by atoms with E-state index in [-0.39, 0.29) is 5.54 Å². The van der Waals surface area contributed by atoms with Crippen LogP contribution in [0.25, 0.3) is 0 Å². The van der Waals surface area contributed by atoms with E-state index in [1.165, 1.54) is 12.8 Å². The van der Waals surface area contributed by atoms with Crippen LogP contribution in [0.15, 0.2) is 6.20 Å². The Hall–Kier alpha value is -0.940. The zero-order valence-corrected chi connectivity index (χ0v) is 13.0. The minimum absolute atomic E-state index is 0.0000981. The minimum Gasteiger partial charge on any atom is -0.372 e. The molecule has 1 aliphatic carbocycles. The van der Waals surface area contributed by atoms with E-state index in [9.17, 15) is 0 Å². The highest BCUT2D eigenvalue weighted by Gasteiger charge is 2.37. The molecule has 2 fully saturated rings. The van der Waals surface area contributed by atoms with E-state index in [4.69, 9.17) is 4.74 Å². The fourth-order valence-electron chi connectivity index (χ4n) is 2.86. The van der Waals surface area contributed by atoms with Crippen molar-refractivity contribution in [1.82, 2.24) is 19.9 Å². The topological polar surface area (TPSA) is 43.2 Å². The molecule has 112 valence electrons. The van der Waals surface area contributed by atoms with Crippen LogP contribution in [0.4, 0.5) is 0 Å². The van der Waals surface area contributed by atoms with Crippen LogP contribution < -0.4 is 0 Å². The SMILES string of the molecule is C[C@H]1CN(Cc2cn(C(C)(C)C)nn2)C[C@H](C2CC2)O1. The standard InChI is InChI=1S/C15H26N4O/c1-11-7-18(10-14(20-11)12-5-6-12)8-13-9-19(17-16-13)15(2,3)4/h9,11-12,14H,5-8,10H2,1-4H3/t11-,14+/m0/s1. The summed E-state index contributed by atoms with van der Waals surface area (Å²) in [4.78, 5) is 2.47. The Morgan fingerprint density at radius 3 is 2.65 bits per heavy atom. The van der Waals surface area contributed by atoms with Crippen LogP contribution in [-0.2, 0) is 16.8 Å². The van der Waals surface area contributed by atoms with E-state index < -0.39 is 0 Å². The maximum atomic E-state index is 6.05. The van der Waals surface area contributed by atoms with E-state index in [2.05, 4.69) is 49.1 Å². The smallest absolute Gasteiger partial charge is 0.0967 e. The molecule has 20 heavy (non-hydrogen) atoms. The molecular weight excluding hydrogens is 252 g/mol. The summed E-state index contributed by atoms with van der Waals surface area (Å²) in [6.45, 7) is 11.5. The third-order valence-corrected chi connectivity index (χ3v) is 4.12. The summed E-state index contributed by atoms with van der Waals surface area (Å²) >= 11 is 0. The van der Waals surface area contributed by atoms with Gasteiger partial charge in [0.25, 0.3) is 0 Å². The highest BCUT2D eigenvalue weighted by molar-refractivity contribution is 4.97. The number of hydrogen-bond donors (Lipinski definition) is 0. The Bertz CT molecular complexity index is 461. The number of morpholine rings is 1. The van der Waals surface area contributed by atoms with Crippen LogP contribution in [0.5, 0.6) is 0 Å². The van der Waals surface area contributed by atoms with Crippen molar-refractivity contribution in [3.63, 3.8) is 0 Å². The molecule has 1 aromatic heterocycles. The normalized spacial score (nSPS) is 28.8. The molecule has 5 heteroatoms. The molecule has 3 rings (SSSR count). The molecular formula is C15H26N4O. The third-order valence-electron chi connectivity index (χ3n) is 4.12. The summed E-state index contributed by atoms with van der Waals surface area (Å²) in [5, 5.41) is 8.56. The summed E-state index contributed by atoms with van der Waals surface area (Å²) in [5.74, 6) is 0.797. The Balaban J connectivity index is 1.63. The van der Waals surface area contributed by atoms with Crippen molar-refractivity contribution in [1.29, 1.82) is 0 Å². The van der Waals surface area contributed by atoms with Gasteiger partial charge in [0.15, 0.2) is 0 Å². The zero-order chi connectivity index (χ0) is 14.3. The minimum atomic E-state index is 0.0000981. The second-order valence-electron chi connectivity index (χ2n) is 7.34. The lowest BCUT2D eigenvalue weighted by molar-refractivity contribution is -0.0884. The summed E-state index contributed by atoms with van der Waals surface area (Å²) in [6, 6.07) is 0. The largest absolute Gasteiger partial charge is 0.372 e. The number of aromatic nitrogens is 3. The van der Waals surface area contributed by atoms with Crippen molar-refractivity contribution in [3.05, 3.63) is 11.9 Å². The summed E-state index contributed by atoms with van der Waals surface area (Å²) < 4.78 is 8.00. The van der Waals surface area contributed by atoms with E-state index in [1.54, 1.807) is 0 Å². The van der Waals surface area contributed by atoms with Gasteiger partial charge in [-0.2, -0.15) is 0 Å². The molecule has 0 N–H and O–H groups in total. The van der Waals surface area contributed by atoms with Crippen molar-refractivity contribution >= 4 is 0 Å². The Morgan fingerprint density at radius 2 is 2.05 bits per heavy atom. The van der Waals surface area contributed by atoms with Crippen LogP contribution >= 0.6 is 0 Å². The maximum Gasteiger partial charge on any atom is 0.0967 e. The lowest BCUT2D eigenvalue weighted by Gasteiger charge is -2.36. The van der Waals surface area contributed by atoms with E-state index >= 15 is 0 Å². The first kappa shape index (κ1) is 14.0. The third kappa shape index (κ3) is 3.20. The van der Waals surface area contributed by atoms with Crippen LogP contribution in [0, 0.1) is 5.92 Å². The van der Waals surface area contributed by atoms with Gasteiger partial charge < -0.3 is 4.74 Å². The first-order valence-corrected chi connectivity index (χ1v) is 7.71. The Labute approximate surface area is 121 Å². The highest BCUT2D eigenvalue weighted by Crippen LogP contribution is 2.36. The maximum absolute atomic E-state index is 6.05. The molecule has 5 nitrogen and oxygen atoms in total. The molecule has 0 amide bonds. The molecule has 0 unspecified atom stereocenters. The highest BCUT2D eigenvalue weighted by atomic mass is 16.5. The van der Waals surface area contributed by atoms with Crippen molar-refractivity contribution in [2.45, 2.75) is 64.8 Å². The molecule has 2 atom stereocenters. The molecule has 0 radical (unpaired) electrons. The average Bonchev–Trinajstić information content (AvgIpc) is 3.08. The van der Waals surface area contributed by atoms with Crippen LogP contribution in [-0.4, -0.2) is 45.2 Å². The van der Waals surface area contributed by atoms with E-state index in [1.807, 2.05) is 4.68 Å². The quantitative estimate of drug-likeness (QED) is 0.848. The first-order valence-electron chi connectivity index (χ1n) is 7.71. The van der Waals surface area contributed by atoms with E-state index in [0.717, 1.165) is 31.2 Å². The number of nitrogens with zero attached hydrogens (tertiary/aromatic N) is 4. The van der Waals surface area contributed by atoms with Gasteiger partial charge in [0.05, 0.1) is 29.6 Å².